The van der Waals surface area contributed by atoms with Crippen LogP contribution in [0.4, 0.5) is 5.69 Å². The van der Waals surface area contributed by atoms with Crippen LogP contribution in [0.1, 0.15) is 24.9 Å². The Kier molecular flexibility index (Phi) is 3.59. The molecule has 1 aromatic carbocycles. The van der Waals surface area contributed by atoms with Crippen LogP contribution in [0, 0.1) is 0 Å². The average molecular weight is 343 g/mol. The Bertz CT molecular complexity index is 538. The van der Waals surface area contributed by atoms with E-state index in [4.69, 9.17) is 10.5 Å². The highest BCUT2D eigenvalue weighted by Crippen LogP contribution is 2.41. The lowest BCUT2D eigenvalue weighted by molar-refractivity contribution is -0.116. The van der Waals surface area contributed by atoms with Crippen molar-refractivity contribution in [3.05, 3.63) is 22.2 Å². The van der Waals surface area contributed by atoms with Crippen molar-refractivity contribution in [3.63, 3.8) is 0 Å². The SMILES string of the molecule is CC1OCCC1Sc1cc2c(cc1Br)C(N)C(=O)N2. The van der Waals surface area contributed by atoms with Crippen molar-refractivity contribution in [2.75, 3.05) is 11.9 Å². The van der Waals surface area contributed by atoms with Crippen LogP contribution in [-0.2, 0) is 9.53 Å². The third-order valence-corrected chi connectivity index (χ3v) is 6.00. The summed E-state index contributed by atoms with van der Waals surface area (Å²) in [5.41, 5.74) is 7.52. The second-order valence-corrected chi connectivity index (χ2v) is 6.99. The molecule has 1 fully saturated rings. The maximum atomic E-state index is 11.6. The van der Waals surface area contributed by atoms with E-state index in [1.807, 2.05) is 12.1 Å². The molecule has 2 aliphatic heterocycles. The van der Waals surface area contributed by atoms with Gasteiger partial charge in [-0.3, -0.25) is 4.79 Å². The van der Waals surface area contributed by atoms with Crippen molar-refractivity contribution in [2.24, 2.45) is 5.73 Å². The van der Waals surface area contributed by atoms with Crippen LogP contribution in [0.15, 0.2) is 21.5 Å². The maximum Gasteiger partial charge on any atom is 0.245 e. The van der Waals surface area contributed by atoms with Crippen molar-refractivity contribution in [3.8, 4) is 0 Å². The normalized spacial score (nSPS) is 29.4. The molecule has 0 saturated carbocycles. The maximum absolute atomic E-state index is 11.6. The molecular weight excluding hydrogens is 328 g/mol. The predicted octanol–water partition coefficient (Wildman–Crippen LogP) is 2.67. The molecule has 3 unspecified atom stereocenters. The Balaban J connectivity index is 1.88. The van der Waals surface area contributed by atoms with Gasteiger partial charge in [0, 0.05) is 32.5 Å². The van der Waals surface area contributed by atoms with E-state index in [0.717, 1.165) is 33.6 Å². The predicted molar refractivity (Wildman–Crippen MR) is 79.4 cm³/mol. The molecule has 3 atom stereocenters. The lowest BCUT2D eigenvalue weighted by Gasteiger charge is -2.15. The smallest absolute Gasteiger partial charge is 0.245 e. The first-order valence-corrected chi connectivity index (χ1v) is 7.91. The summed E-state index contributed by atoms with van der Waals surface area (Å²) >= 11 is 5.36. The number of halogens is 1. The summed E-state index contributed by atoms with van der Waals surface area (Å²) in [5.74, 6) is -0.137. The van der Waals surface area contributed by atoms with E-state index in [9.17, 15) is 4.79 Å². The Hall–Kier alpha value is -0.560. The third-order valence-electron chi connectivity index (χ3n) is 3.56. The zero-order valence-electron chi connectivity index (χ0n) is 10.5. The van der Waals surface area contributed by atoms with Gasteiger partial charge in [-0.15, -0.1) is 11.8 Å². The molecule has 0 bridgehead atoms. The first-order valence-electron chi connectivity index (χ1n) is 6.24. The van der Waals surface area contributed by atoms with Crippen LogP contribution in [-0.4, -0.2) is 23.9 Å². The Morgan fingerprint density at radius 2 is 2.32 bits per heavy atom. The van der Waals surface area contributed by atoms with Crippen molar-refractivity contribution >= 4 is 39.3 Å². The minimum atomic E-state index is -0.556. The number of nitrogens with two attached hydrogens (primary N) is 1. The number of nitrogens with one attached hydrogen (secondary N) is 1. The standard InChI is InChI=1S/C13H15BrN2O2S/c1-6-10(2-3-18-6)19-11-5-9-7(4-8(11)14)12(15)13(17)16-9/h4-6,10,12H,2-3,15H2,1H3,(H,16,17). The lowest BCUT2D eigenvalue weighted by Crippen LogP contribution is -2.19. The summed E-state index contributed by atoms with van der Waals surface area (Å²) in [4.78, 5) is 12.7. The summed E-state index contributed by atoms with van der Waals surface area (Å²) in [6, 6.07) is 3.39. The topological polar surface area (TPSA) is 64.3 Å². The fraction of sp³-hybridized carbons (Fsp3) is 0.462. The molecule has 4 nitrogen and oxygen atoms in total. The number of rotatable bonds is 2. The number of benzene rings is 1. The molecule has 102 valence electrons. The van der Waals surface area contributed by atoms with Crippen molar-refractivity contribution < 1.29 is 9.53 Å². The van der Waals surface area contributed by atoms with Gasteiger partial charge in [0.05, 0.1) is 6.10 Å². The molecule has 1 saturated heterocycles. The molecule has 0 radical (unpaired) electrons. The number of hydrogen-bond acceptors (Lipinski definition) is 4. The van der Waals surface area contributed by atoms with Crippen molar-refractivity contribution in [1.82, 2.24) is 0 Å². The van der Waals surface area contributed by atoms with E-state index in [1.54, 1.807) is 11.8 Å². The lowest BCUT2D eigenvalue weighted by atomic mass is 10.1. The third kappa shape index (κ3) is 2.42. The number of amides is 1. The summed E-state index contributed by atoms with van der Waals surface area (Å²) in [5, 5.41) is 3.28. The van der Waals surface area contributed by atoms with Gasteiger partial charge in [0.25, 0.3) is 0 Å². The van der Waals surface area contributed by atoms with Gasteiger partial charge in [0.1, 0.15) is 6.04 Å². The largest absolute Gasteiger partial charge is 0.377 e. The molecule has 19 heavy (non-hydrogen) atoms. The number of thioether (sulfide) groups is 1. The van der Waals surface area contributed by atoms with Gasteiger partial charge in [-0.1, -0.05) is 0 Å². The van der Waals surface area contributed by atoms with Crippen LogP contribution < -0.4 is 11.1 Å². The molecule has 3 N–H and O–H groups in total. The first kappa shape index (κ1) is 13.4. The Labute approximate surface area is 124 Å². The van der Waals surface area contributed by atoms with Crippen LogP contribution in [0.5, 0.6) is 0 Å². The number of ether oxygens (including phenoxy) is 1. The van der Waals surface area contributed by atoms with Crippen LogP contribution in [0.25, 0.3) is 0 Å². The number of carbonyl (C=O) groups is 1. The van der Waals surface area contributed by atoms with Crippen molar-refractivity contribution in [2.45, 2.75) is 35.6 Å². The van der Waals surface area contributed by atoms with Gasteiger partial charge in [-0.2, -0.15) is 0 Å². The highest BCUT2D eigenvalue weighted by molar-refractivity contribution is 9.10. The minimum Gasteiger partial charge on any atom is -0.377 e. The minimum absolute atomic E-state index is 0.137. The number of anilines is 1. The molecule has 2 aliphatic rings. The Morgan fingerprint density at radius 3 is 3.00 bits per heavy atom. The fourth-order valence-electron chi connectivity index (χ4n) is 2.41. The van der Waals surface area contributed by atoms with E-state index in [1.165, 1.54) is 0 Å². The van der Waals surface area contributed by atoms with E-state index in [0.29, 0.717) is 5.25 Å². The summed E-state index contributed by atoms with van der Waals surface area (Å²) in [6.45, 7) is 2.92. The summed E-state index contributed by atoms with van der Waals surface area (Å²) < 4.78 is 6.57. The van der Waals surface area contributed by atoms with Gasteiger partial charge in [-0.05, 0) is 41.4 Å². The zero-order chi connectivity index (χ0) is 13.6. The molecule has 3 rings (SSSR count). The van der Waals surface area contributed by atoms with Gasteiger partial charge in [0.15, 0.2) is 0 Å². The van der Waals surface area contributed by atoms with E-state index in [2.05, 4.69) is 28.2 Å². The number of hydrogen-bond donors (Lipinski definition) is 2. The van der Waals surface area contributed by atoms with Gasteiger partial charge in [0.2, 0.25) is 5.91 Å². The molecular formula is C13H15BrN2O2S. The summed E-state index contributed by atoms with van der Waals surface area (Å²) in [6.07, 6.45) is 1.32. The molecule has 1 amide bonds. The average Bonchev–Trinajstić information content (AvgIpc) is 2.88. The van der Waals surface area contributed by atoms with Crippen LogP contribution >= 0.6 is 27.7 Å². The van der Waals surface area contributed by atoms with E-state index >= 15 is 0 Å². The fourth-order valence-corrected chi connectivity index (χ4v) is 4.22. The van der Waals surface area contributed by atoms with Gasteiger partial charge >= 0.3 is 0 Å². The van der Waals surface area contributed by atoms with Crippen LogP contribution in [0.2, 0.25) is 0 Å². The molecule has 0 aliphatic carbocycles. The van der Waals surface area contributed by atoms with Crippen molar-refractivity contribution in [1.29, 1.82) is 0 Å². The first-order chi connectivity index (χ1) is 9.06. The summed E-state index contributed by atoms with van der Waals surface area (Å²) in [7, 11) is 0. The second-order valence-electron chi connectivity index (χ2n) is 4.86. The molecule has 6 heteroatoms. The monoisotopic (exact) mass is 342 g/mol. The van der Waals surface area contributed by atoms with Crippen LogP contribution in [0.3, 0.4) is 0 Å². The molecule has 0 aromatic heterocycles. The van der Waals surface area contributed by atoms with E-state index in [-0.39, 0.29) is 12.0 Å². The molecule has 2 heterocycles. The quantitative estimate of drug-likeness (QED) is 0.867. The highest BCUT2D eigenvalue weighted by Gasteiger charge is 2.30. The number of fused-ring (bicyclic) bond motifs is 1. The zero-order valence-corrected chi connectivity index (χ0v) is 12.9. The Morgan fingerprint density at radius 1 is 1.53 bits per heavy atom. The molecule has 1 aromatic rings. The van der Waals surface area contributed by atoms with Gasteiger partial charge in [-0.25, -0.2) is 0 Å². The number of carbonyl (C=O) groups excluding carboxylic acids is 1. The molecule has 0 spiro atoms. The highest BCUT2D eigenvalue weighted by atomic mass is 79.9. The second kappa shape index (κ2) is 5.09. The van der Waals surface area contributed by atoms with E-state index < -0.39 is 6.04 Å². The van der Waals surface area contributed by atoms with Gasteiger partial charge < -0.3 is 15.8 Å².